The Morgan fingerprint density at radius 3 is 2.84 bits per heavy atom. The SMILES string of the molecule is CC(C)(C)OC(=O)N1CC2(C1)NCCn1cccc12. The Hall–Kier alpha value is -1.49. The van der Waals surface area contributed by atoms with Gasteiger partial charge in [-0.2, -0.15) is 0 Å². The van der Waals surface area contributed by atoms with Crippen LogP contribution < -0.4 is 5.32 Å². The first-order valence-corrected chi connectivity index (χ1v) is 6.78. The number of nitrogens with zero attached hydrogens (tertiary/aromatic N) is 2. The van der Waals surface area contributed by atoms with Gasteiger partial charge in [0.1, 0.15) is 5.60 Å². The second-order valence-electron chi connectivity index (χ2n) is 6.43. The number of aromatic nitrogens is 1. The van der Waals surface area contributed by atoms with Crippen LogP contribution in [-0.4, -0.2) is 40.8 Å². The van der Waals surface area contributed by atoms with Crippen LogP contribution in [0.4, 0.5) is 4.79 Å². The van der Waals surface area contributed by atoms with Crippen LogP contribution in [0.5, 0.6) is 0 Å². The molecule has 1 amide bonds. The van der Waals surface area contributed by atoms with Crippen molar-refractivity contribution in [2.75, 3.05) is 19.6 Å². The largest absolute Gasteiger partial charge is 0.444 e. The molecular weight excluding hydrogens is 242 g/mol. The minimum atomic E-state index is -0.431. The van der Waals surface area contributed by atoms with E-state index in [0.29, 0.717) is 13.1 Å². The van der Waals surface area contributed by atoms with Gasteiger partial charge in [-0.25, -0.2) is 4.79 Å². The topological polar surface area (TPSA) is 46.5 Å². The van der Waals surface area contributed by atoms with Gasteiger partial charge >= 0.3 is 6.09 Å². The maximum atomic E-state index is 12.0. The summed E-state index contributed by atoms with van der Waals surface area (Å²) in [6.45, 7) is 9.00. The average molecular weight is 263 g/mol. The molecule has 0 bridgehead atoms. The maximum Gasteiger partial charge on any atom is 0.410 e. The molecule has 1 saturated heterocycles. The third-order valence-corrected chi connectivity index (χ3v) is 3.71. The van der Waals surface area contributed by atoms with Crippen LogP contribution in [0.25, 0.3) is 0 Å². The average Bonchev–Trinajstić information content (AvgIpc) is 2.70. The van der Waals surface area contributed by atoms with E-state index in [4.69, 9.17) is 4.74 Å². The molecule has 0 aliphatic carbocycles. The van der Waals surface area contributed by atoms with Crippen LogP contribution in [0.1, 0.15) is 26.5 Å². The lowest BCUT2D eigenvalue weighted by molar-refractivity contribution is -0.0229. The molecule has 0 saturated carbocycles. The van der Waals surface area contributed by atoms with E-state index < -0.39 is 5.60 Å². The molecule has 3 heterocycles. The number of hydrogen-bond donors (Lipinski definition) is 1. The van der Waals surface area contributed by atoms with E-state index in [2.05, 4.69) is 28.2 Å². The molecule has 5 nitrogen and oxygen atoms in total. The number of amides is 1. The van der Waals surface area contributed by atoms with Crippen molar-refractivity contribution in [1.82, 2.24) is 14.8 Å². The van der Waals surface area contributed by atoms with Crippen LogP contribution in [0.3, 0.4) is 0 Å². The van der Waals surface area contributed by atoms with Gasteiger partial charge in [0.05, 0.1) is 5.54 Å². The third-order valence-electron chi connectivity index (χ3n) is 3.71. The molecular formula is C14H21N3O2. The summed E-state index contributed by atoms with van der Waals surface area (Å²) in [5.41, 5.74) is 0.775. The summed E-state index contributed by atoms with van der Waals surface area (Å²) in [6.07, 6.45) is 1.89. The molecule has 0 radical (unpaired) electrons. The first kappa shape index (κ1) is 12.5. The quantitative estimate of drug-likeness (QED) is 0.772. The molecule has 5 heteroatoms. The fraction of sp³-hybridized carbons (Fsp3) is 0.643. The van der Waals surface area contributed by atoms with Crippen LogP contribution in [0, 0.1) is 0 Å². The molecule has 1 aromatic rings. The van der Waals surface area contributed by atoms with E-state index in [1.165, 1.54) is 5.69 Å². The first-order valence-electron chi connectivity index (χ1n) is 6.78. The summed E-state index contributed by atoms with van der Waals surface area (Å²) in [6, 6.07) is 4.21. The summed E-state index contributed by atoms with van der Waals surface area (Å²) in [4.78, 5) is 13.8. The van der Waals surface area contributed by atoms with E-state index in [0.717, 1.165) is 13.1 Å². The zero-order valence-corrected chi connectivity index (χ0v) is 11.8. The zero-order valence-electron chi connectivity index (χ0n) is 11.8. The van der Waals surface area contributed by atoms with Gasteiger partial charge in [0, 0.05) is 38.1 Å². The Kier molecular flexibility index (Phi) is 2.64. The van der Waals surface area contributed by atoms with Crippen molar-refractivity contribution in [3.63, 3.8) is 0 Å². The maximum absolute atomic E-state index is 12.0. The zero-order chi connectivity index (χ0) is 13.7. The molecule has 19 heavy (non-hydrogen) atoms. The molecule has 0 unspecified atom stereocenters. The fourth-order valence-corrected chi connectivity index (χ4v) is 2.88. The number of rotatable bonds is 0. The third kappa shape index (κ3) is 2.12. The van der Waals surface area contributed by atoms with Gasteiger partial charge in [-0.05, 0) is 32.9 Å². The molecule has 2 aliphatic heterocycles. The summed E-state index contributed by atoms with van der Waals surface area (Å²) < 4.78 is 7.66. The second-order valence-corrected chi connectivity index (χ2v) is 6.43. The summed E-state index contributed by atoms with van der Waals surface area (Å²) >= 11 is 0. The molecule has 0 atom stereocenters. The van der Waals surface area contributed by atoms with Gasteiger partial charge in [-0.3, -0.25) is 0 Å². The smallest absolute Gasteiger partial charge is 0.410 e. The fourth-order valence-electron chi connectivity index (χ4n) is 2.88. The highest BCUT2D eigenvalue weighted by Gasteiger charge is 2.50. The van der Waals surface area contributed by atoms with Gasteiger partial charge in [0.15, 0.2) is 0 Å². The van der Waals surface area contributed by atoms with Crippen LogP contribution in [0.2, 0.25) is 0 Å². The number of fused-ring (bicyclic) bond motifs is 2. The lowest BCUT2D eigenvalue weighted by atomic mass is 9.85. The molecule has 1 spiro atoms. The Balaban J connectivity index is 1.69. The van der Waals surface area contributed by atoms with E-state index in [-0.39, 0.29) is 11.6 Å². The van der Waals surface area contributed by atoms with Gasteiger partial charge in [-0.1, -0.05) is 0 Å². The number of carbonyl (C=O) groups excluding carboxylic acids is 1. The highest BCUT2D eigenvalue weighted by molar-refractivity contribution is 5.70. The van der Waals surface area contributed by atoms with Crippen molar-refractivity contribution in [2.24, 2.45) is 0 Å². The monoisotopic (exact) mass is 263 g/mol. The summed E-state index contributed by atoms with van der Waals surface area (Å²) in [7, 11) is 0. The van der Waals surface area contributed by atoms with Crippen molar-refractivity contribution >= 4 is 6.09 Å². The highest BCUT2D eigenvalue weighted by Crippen LogP contribution is 2.35. The van der Waals surface area contributed by atoms with Gasteiger partial charge in [0.25, 0.3) is 0 Å². The lowest BCUT2D eigenvalue weighted by Crippen LogP contribution is -2.70. The first-order chi connectivity index (χ1) is 8.90. The predicted molar refractivity (Wildman–Crippen MR) is 71.9 cm³/mol. The van der Waals surface area contributed by atoms with Gasteiger partial charge in [0.2, 0.25) is 0 Å². The second kappa shape index (κ2) is 4.00. The van der Waals surface area contributed by atoms with E-state index in [1.807, 2.05) is 20.8 Å². The molecule has 3 rings (SSSR count). The number of nitrogens with one attached hydrogen (secondary N) is 1. The Labute approximate surface area is 113 Å². The van der Waals surface area contributed by atoms with Crippen molar-refractivity contribution < 1.29 is 9.53 Å². The van der Waals surface area contributed by atoms with Crippen molar-refractivity contribution in [2.45, 2.75) is 38.5 Å². The Morgan fingerprint density at radius 2 is 2.16 bits per heavy atom. The van der Waals surface area contributed by atoms with Crippen LogP contribution in [0.15, 0.2) is 18.3 Å². The molecule has 0 aromatic carbocycles. The molecule has 1 aromatic heterocycles. The minimum Gasteiger partial charge on any atom is -0.444 e. The van der Waals surface area contributed by atoms with Crippen LogP contribution in [-0.2, 0) is 16.8 Å². The van der Waals surface area contributed by atoms with Gasteiger partial charge in [-0.15, -0.1) is 0 Å². The molecule has 104 valence electrons. The molecule has 2 aliphatic rings. The highest BCUT2D eigenvalue weighted by atomic mass is 16.6. The standard InChI is InChI=1S/C14H21N3O2/c1-13(2,3)19-12(18)17-9-14(10-17)11-5-4-7-16(11)8-6-15-14/h4-5,7,15H,6,8-10H2,1-3H3. The Bertz CT molecular complexity index is 495. The normalized spacial score (nSPS) is 20.9. The van der Waals surface area contributed by atoms with Crippen LogP contribution >= 0.6 is 0 Å². The number of carbonyl (C=O) groups is 1. The van der Waals surface area contributed by atoms with Crippen molar-refractivity contribution in [3.05, 3.63) is 24.0 Å². The number of ether oxygens (including phenoxy) is 1. The van der Waals surface area contributed by atoms with E-state index in [9.17, 15) is 4.79 Å². The lowest BCUT2D eigenvalue weighted by Gasteiger charge is -2.52. The van der Waals surface area contributed by atoms with Gasteiger partial charge < -0.3 is 19.5 Å². The number of hydrogen-bond acceptors (Lipinski definition) is 3. The van der Waals surface area contributed by atoms with Crippen molar-refractivity contribution in [3.8, 4) is 0 Å². The van der Waals surface area contributed by atoms with E-state index >= 15 is 0 Å². The predicted octanol–water partition coefficient (Wildman–Crippen LogP) is 1.54. The number of likely N-dealkylation sites (tertiary alicyclic amines) is 1. The van der Waals surface area contributed by atoms with Crippen molar-refractivity contribution in [1.29, 1.82) is 0 Å². The molecule has 1 fully saturated rings. The minimum absolute atomic E-state index is 0.0708. The van der Waals surface area contributed by atoms with E-state index in [1.54, 1.807) is 4.90 Å². The molecule has 1 N–H and O–H groups in total. The summed E-state index contributed by atoms with van der Waals surface area (Å²) in [5, 5.41) is 3.55. The Morgan fingerprint density at radius 1 is 1.42 bits per heavy atom. The summed E-state index contributed by atoms with van der Waals surface area (Å²) in [5.74, 6) is 0.